The number of nitrogens with two attached hydrogens (primary N) is 1. The number of nitrogens with zero attached hydrogens (tertiary/aromatic N) is 1. The molecule has 0 fully saturated rings. The highest BCUT2D eigenvalue weighted by molar-refractivity contribution is 9.10. The van der Waals surface area contributed by atoms with Crippen LogP contribution in [0.15, 0.2) is 45.0 Å². The number of rotatable bonds is 2. The minimum absolute atomic E-state index is 0.797. The average molecular weight is 253 g/mol. The van der Waals surface area contributed by atoms with Gasteiger partial charge in [0, 0.05) is 16.4 Å². The fraction of sp³-hybridized carbons (Fsp3) is 0.182. The van der Waals surface area contributed by atoms with Crippen LogP contribution in [-0.4, -0.2) is 6.21 Å². The van der Waals surface area contributed by atoms with Crippen LogP contribution in [0.2, 0.25) is 0 Å². The lowest BCUT2D eigenvalue weighted by Gasteiger charge is -1.96. The molecule has 3 heteroatoms. The van der Waals surface area contributed by atoms with Crippen molar-refractivity contribution in [1.82, 2.24) is 0 Å². The Balaban J connectivity index is 2.79. The lowest BCUT2D eigenvalue weighted by Crippen LogP contribution is -1.95. The van der Waals surface area contributed by atoms with E-state index in [1.165, 1.54) is 0 Å². The van der Waals surface area contributed by atoms with Crippen molar-refractivity contribution >= 4 is 27.8 Å². The minimum Gasteiger partial charge on any atom is -0.402 e. The summed E-state index contributed by atoms with van der Waals surface area (Å²) < 4.78 is 1.05. The van der Waals surface area contributed by atoms with E-state index in [2.05, 4.69) is 20.9 Å². The maximum Gasteiger partial charge on any atom is 0.0630 e. The van der Waals surface area contributed by atoms with Crippen molar-refractivity contribution in [3.8, 4) is 0 Å². The highest BCUT2D eigenvalue weighted by Gasteiger charge is 1.90. The second-order valence-electron chi connectivity index (χ2n) is 3.10. The maximum absolute atomic E-state index is 5.61. The number of hydrogen-bond donors (Lipinski definition) is 1. The third-order valence-electron chi connectivity index (χ3n) is 1.86. The van der Waals surface area contributed by atoms with E-state index in [4.69, 9.17) is 5.73 Å². The molecule has 14 heavy (non-hydrogen) atoms. The smallest absolute Gasteiger partial charge is 0.0630 e. The zero-order chi connectivity index (χ0) is 10.6. The topological polar surface area (TPSA) is 38.4 Å². The molecule has 1 rings (SSSR count). The van der Waals surface area contributed by atoms with Crippen LogP contribution in [0.4, 0.5) is 5.69 Å². The Morgan fingerprint density at radius 2 is 1.86 bits per heavy atom. The van der Waals surface area contributed by atoms with Crippen LogP contribution in [-0.2, 0) is 0 Å². The second-order valence-corrected chi connectivity index (χ2v) is 4.02. The minimum atomic E-state index is 0.797. The van der Waals surface area contributed by atoms with Gasteiger partial charge in [-0.1, -0.05) is 15.9 Å². The van der Waals surface area contributed by atoms with Crippen molar-refractivity contribution in [2.45, 2.75) is 13.8 Å². The quantitative estimate of drug-likeness (QED) is 0.806. The first kappa shape index (κ1) is 11.0. The van der Waals surface area contributed by atoms with Gasteiger partial charge in [0.1, 0.15) is 0 Å². The van der Waals surface area contributed by atoms with Crippen LogP contribution in [0.5, 0.6) is 0 Å². The molecular formula is C11H13BrN2. The molecule has 0 aliphatic carbocycles. The molecule has 0 aliphatic heterocycles. The molecule has 0 aliphatic rings. The van der Waals surface area contributed by atoms with Crippen LogP contribution in [0.1, 0.15) is 13.8 Å². The summed E-state index contributed by atoms with van der Waals surface area (Å²) in [5.41, 5.74) is 8.32. The Bertz CT molecular complexity index is 359. The number of allylic oxidation sites excluding steroid dienone is 2. The lowest BCUT2D eigenvalue weighted by atomic mass is 10.2. The molecule has 0 saturated carbocycles. The van der Waals surface area contributed by atoms with E-state index in [-0.39, 0.29) is 0 Å². The fourth-order valence-electron chi connectivity index (χ4n) is 0.800. The third kappa shape index (κ3) is 3.34. The van der Waals surface area contributed by atoms with E-state index < -0.39 is 0 Å². The van der Waals surface area contributed by atoms with Gasteiger partial charge in [-0.05, 0) is 43.7 Å². The molecule has 0 atom stereocenters. The molecule has 0 saturated heterocycles. The second kappa shape index (κ2) is 4.96. The molecule has 0 unspecified atom stereocenters. The summed E-state index contributed by atoms with van der Waals surface area (Å²) in [5.74, 6) is 0. The fourth-order valence-corrected chi connectivity index (χ4v) is 1.06. The molecule has 1 aromatic rings. The van der Waals surface area contributed by atoms with Crippen molar-refractivity contribution in [3.63, 3.8) is 0 Å². The number of hydrogen-bond acceptors (Lipinski definition) is 2. The van der Waals surface area contributed by atoms with Gasteiger partial charge in [-0.25, -0.2) is 0 Å². The highest BCUT2D eigenvalue weighted by Crippen LogP contribution is 2.16. The van der Waals surface area contributed by atoms with Crippen molar-refractivity contribution < 1.29 is 0 Å². The SMILES string of the molecule is C/C(N)=C(\C)C=Nc1ccc(Br)cc1. The van der Waals surface area contributed by atoms with E-state index in [1.807, 2.05) is 38.1 Å². The van der Waals surface area contributed by atoms with Gasteiger partial charge in [0.2, 0.25) is 0 Å². The maximum atomic E-state index is 5.61. The van der Waals surface area contributed by atoms with Crippen LogP contribution >= 0.6 is 15.9 Å². The summed E-state index contributed by atoms with van der Waals surface area (Å²) in [4.78, 5) is 4.28. The Hall–Kier alpha value is -1.09. The van der Waals surface area contributed by atoms with Crippen molar-refractivity contribution in [1.29, 1.82) is 0 Å². The molecular weight excluding hydrogens is 240 g/mol. The third-order valence-corrected chi connectivity index (χ3v) is 2.38. The van der Waals surface area contributed by atoms with Crippen molar-refractivity contribution in [2.75, 3.05) is 0 Å². The summed E-state index contributed by atoms with van der Waals surface area (Å²) in [6.45, 7) is 3.81. The first-order valence-electron chi connectivity index (χ1n) is 4.32. The van der Waals surface area contributed by atoms with Gasteiger partial charge in [-0.3, -0.25) is 4.99 Å². The van der Waals surface area contributed by atoms with E-state index in [9.17, 15) is 0 Å². The number of benzene rings is 1. The summed E-state index contributed by atoms with van der Waals surface area (Å²) in [6.07, 6.45) is 1.78. The van der Waals surface area contributed by atoms with E-state index in [0.717, 1.165) is 21.4 Å². The van der Waals surface area contributed by atoms with Gasteiger partial charge in [0.05, 0.1) is 5.69 Å². The molecule has 2 N–H and O–H groups in total. The summed E-state index contributed by atoms with van der Waals surface area (Å²) in [5, 5.41) is 0. The monoisotopic (exact) mass is 252 g/mol. The van der Waals surface area contributed by atoms with Crippen molar-refractivity contribution in [2.24, 2.45) is 10.7 Å². The van der Waals surface area contributed by atoms with E-state index in [1.54, 1.807) is 6.21 Å². The number of halogens is 1. The Morgan fingerprint density at radius 3 is 2.36 bits per heavy atom. The average Bonchev–Trinajstić information content (AvgIpc) is 2.16. The van der Waals surface area contributed by atoms with Gasteiger partial charge in [0.15, 0.2) is 0 Å². The molecule has 74 valence electrons. The van der Waals surface area contributed by atoms with Gasteiger partial charge in [0.25, 0.3) is 0 Å². The highest BCUT2D eigenvalue weighted by atomic mass is 79.9. The van der Waals surface area contributed by atoms with Gasteiger partial charge >= 0.3 is 0 Å². The van der Waals surface area contributed by atoms with Crippen molar-refractivity contribution in [3.05, 3.63) is 40.0 Å². The molecule has 0 bridgehead atoms. The Labute approximate surface area is 92.7 Å². The first-order valence-corrected chi connectivity index (χ1v) is 5.11. The summed E-state index contributed by atoms with van der Waals surface area (Å²) in [7, 11) is 0. The number of aliphatic imine (C=N–C) groups is 1. The van der Waals surface area contributed by atoms with Gasteiger partial charge in [-0.2, -0.15) is 0 Å². The van der Waals surface area contributed by atoms with E-state index in [0.29, 0.717) is 0 Å². The molecule has 0 aromatic heterocycles. The van der Waals surface area contributed by atoms with Gasteiger partial charge in [-0.15, -0.1) is 0 Å². The Morgan fingerprint density at radius 1 is 1.29 bits per heavy atom. The molecule has 2 nitrogen and oxygen atoms in total. The van der Waals surface area contributed by atoms with Crippen LogP contribution < -0.4 is 5.73 Å². The summed E-state index contributed by atoms with van der Waals surface area (Å²) in [6, 6.07) is 7.81. The van der Waals surface area contributed by atoms with Crippen LogP contribution in [0, 0.1) is 0 Å². The molecule has 0 amide bonds. The largest absolute Gasteiger partial charge is 0.402 e. The molecule has 1 aromatic carbocycles. The zero-order valence-corrected chi connectivity index (χ0v) is 9.88. The van der Waals surface area contributed by atoms with Gasteiger partial charge < -0.3 is 5.73 Å². The lowest BCUT2D eigenvalue weighted by molar-refractivity contribution is 1.26. The van der Waals surface area contributed by atoms with E-state index >= 15 is 0 Å². The standard InChI is InChI=1S/C11H13BrN2/c1-8(9(2)13)7-14-11-5-3-10(12)4-6-11/h3-7H,13H2,1-2H3/b9-8-,14-7?. The first-order chi connectivity index (χ1) is 6.59. The summed E-state index contributed by atoms with van der Waals surface area (Å²) >= 11 is 3.37. The Kier molecular flexibility index (Phi) is 3.89. The molecule has 0 spiro atoms. The predicted molar refractivity (Wildman–Crippen MR) is 64.9 cm³/mol. The van der Waals surface area contributed by atoms with Crippen LogP contribution in [0.3, 0.4) is 0 Å². The van der Waals surface area contributed by atoms with Crippen LogP contribution in [0.25, 0.3) is 0 Å². The predicted octanol–water partition coefficient (Wildman–Crippen LogP) is 3.40. The molecule has 0 radical (unpaired) electrons. The molecule has 0 heterocycles. The zero-order valence-electron chi connectivity index (χ0n) is 8.29. The normalized spacial score (nSPS) is 13.1.